The molecule has 5 nitrogen and oxygen atoms in total. The molecule has 0 radical (unpaired) electrons. The number of thioether (sulfide) groups is 1. The van der Waals surface area contributed by atoms with Crippen molar-refractivity contribution >= 4 is 40.9 Å². The number of benzene rings is 1. The fourth-order valence-corrected chi connectivity index (χ4v) is 4.45. The van der Waals surface area contributed by atoms with Gasteiger partial charge in [0.05, 0.1) is 17.3 Å². The van der Waals surface area contributed by atoms with Gasteiger partial charge in [-0.3, -0.25) is 4.79 Å². The zero-order valence-electron chi connectivity index (χ0n) is 15.6. The molecule has 2 heterocycles. The molecule has 0 aliphatic carbocycles. The molecule has 1 atom stereocenters. The number of rotatable bonds is 6. The van der Waals surface area contributed by atoms with Crippen molar-refractivity contribution in [3.8, 4) is 0 Å². The van der Waals surface area contributed by atoms with E-state index in [1.165, 1.54) is 11.8 Å². The minimum absolute atomic E-state index is 0.215. The normalized spacial score (nSPS) is 12.0. The molecule has 0 aliphatic rings. The van der Waals surface area contributed by atoms with Crippen molar-refractivity contribution in [1.29, 1.82) is 0 Å². The Morgan fingerprint density at radius 3 is 2.75 bits per heavy atom. The van der Waals surface area contributed by atoms with Gasteiger partial charge < -0.3 is 9.84 Å². The number of nitrogens with zero attached hydrogens (tertiary/aromatic N) is 2. The number of aromatic nitrogens is 2. The monoisotopic (exact) mass is 435 g/mol. The maximum atomic E-state index is 12.9. The number of hydrogen-bond donors (Lipinski definition) is 1. The van der Waals surface area contributed by atoms with E-state index in [0.717, 1.165) is 22.6 Å². The summed E-state index contributed by atoms with van der Waals surface area (Å²) in [7, 11) is 0. The van der Waals surface area contributed by atoms with Crippen molar-refractivity contribution < 1.29 is 9.32 Å². The largest absolute Gasteiger partial charge is 0.361 e. The summed E-state index contributed by atoms with van der Waals surface area (Å²) in [4.78, 5) is 17.2. The first kappa shape index (κ1) is 20.7. The lowest BCUT2D eigenvalue weighted by Gasteiger charge is -2.17. The van der Waals surface area contributed by atoms with Gasteiger partial charge in [-0.05, 0) is 50.6 Å². The Kier molecular flexibility index (Phi) is 6.65. The maximum Gasteiger partial charge on any atom is 0.254 e. The minimum atomic E-state index is -0.280. The molecule has 1 N–H and O–H groups in total. The second kappa shape index (κ2) is 8.99. The first-order chi connectivity index (χ1) is 13.4. The number of amides is 1. The van der Waals surface area contributed by atoms with Crippen LogP contribution in [0.25, 0.3) is 0 Å². The Bertz CT molecular complexity index is 987. The second-order valence-electron chi connectivity index (χ2n) is 6.31. The quantitative estimate of drug-likeness (QED) is 0.497. The van der Waals surface area contributed by atoms with Gasteiger partial charge in [-0.1, -0.05) is 34.4 Å². The van der Waals surface area contributed by atoms with Crippen LogP contribution in [0.2, 0.25) is 10.0 Å². The Morgan fingerprint density at radius 2 is 2.07 bits per heavy atom. The van der Waals surface area contributed by atoms with E-state index >= 15 is 0 Å². The van der Waals surface area contributed by atoms with Crippen LogP contribution in [0.1, 0.15) is 45.9 Å². The number of carbonyl (C=O) groups is 1. The van der Waals surface area contributed by atoms with Crippen LogP contribution >= 0.6 is 35.0 Å². The molecule has 0 fully saturated rings. The highest BCUT2D eigenvalue weighted by Gasteiger charge is 2.18. The van der Waals surface area contributed by atoms with Crippen LogP contribution in [-0.2, 0) is 5.75 Å². The number of halogens is 2. The van der Waals surface area contributed by atoms with Crippen LogP contribution in [0.4, 0.5) is 0 Å². The molecule has 0 bridgehead atoms. The minimum Gasteiger partial charge on any atom is -0.361 e. The van der Waals surface area contributed by atoms with Gasteiger partial charge in [-0.2, -0.15) is 0 Å². The molecule has 146 valence electrons. The van der Waals surface area contributed by atoms with Crippen molar-refractivity contribution in [1.82, 2.24) is 15.5 Å². The van der Waals surface area contributed by atoms with E-state index in [9.17, 15) is 4.79 Å². The smallest absolute Gasteiger partial charge is 0.254 e. The molecule has 1 unspecified atom stereocenters. The Hall–Kier alpha value is -2.02. The van der Waals surface area contributed by atoms with Crippen LogP contribution in [-0.4, -0.2) is 16.0 Å². The van der Waals surface area contributed by atoms with Crippen molar-refractivity contribution in [2.24, 2.45) is 0 Å². The Morgan fingerprint density at radius 1 is 1.29 bits per heavy atom. The summed E-state index contributed by atoms with van der Waals surface area (Å²) >= 11 is 13.7. The van der Waals surface area contributed by atoms with E-state index < -0.39 is 0 Å². The zero-order chi connectivity index (χ0) is 20.3. The topological polar surface area (TPSA) is 68.0 Å². The van der Waals surface area contributed by atoms with E-state index in [2.05, 4.69) is 15.5 Å². The van der Waals surface area contributed by atoms with Crippen molar-refractivity contribution in [2.45, 2.75) is 37.6 Å². The molecule has 3 aromatic rings. The predicted octanol–water partition coefficient (Wildman–Crippen LogP) is 5.78. The summed E-state index contributed by atoms with van der Waals surface area (Å²) in [6.07, 6.45) is 1.67. The Labute approximate surface area is 177 Å². The zero-order valence-corrected chi connectivity index (χ0v) is 18.0. The summed E-state index contributed by atoms with van der Waals surface area (Å²) in [5, 5.41) is 8.66. The van der Waals surface area contributed by atoms with E-state index in [-0.39, 0.29) is 11.9 Å². The molecule has 8 heteroatoms. The number of carbonyl (C=O) groups excluding carboxylic acids is 1. The standard InChI is InChI=1S/C20H19Cl2N3O2S/c1-11(15-7-6-14(21)9-18(15)22)24-19(26)16-5-4-8-23-20(16)28-10-17-12(2)25-27-13(17)3/h4-9,11H,10H2,1-3H3,(H,24,26). The van der Waals surface area contributed by atoms with Gasteiger partial charge in [0.2, 0.25) is 0 Å². The van der Waals surface area contributed by atoms with Crippen LogP contribution in [0.5, 0.6) is 0 Å². The molecular formula is C20H19Cl2N3O2S. The second-order valence-corrected chi connectivity index (χ2v) is 8.12. The highest BCUT2D eigenvalue weighted by atomic mass is 35.5. The summed E-state index contributed by atoms with van der Waals surface area (Å²) in [6.45, 7) is 5.65. The van der Waals surface area contributed by atoms with Crippen LogP contribution < -0.4 is 5.32 Å². The van der Waals surface area contributed by atoms with E-state index in [1.807, 2.05) is 26.8 Å². The van der Waals surface area contributed by atoms with E-state index in [4.69, 9.17) is 27.7 Å². The van der Waals surface area contributed by atoms with Gasteiger partial charge in [0, 0.05) is 27.6 Å². The van der Waals surface area contributed by atoms with Gasteiger partial charge in [-0.15, -0.1) is 11.8 Å². The fraction of sp³-hybridized carbons (Fsp3) is 0.250. The summed E-state index contributed by atoms with van der Waals surface area (Å²) in [6, 6.07) is 8.45. The highest BCUT2D eigenvalue weighted by molar-refractivity contribution is 7.98. The van der Waals surface area contributed by atoms with Crippen LogP contribution in [0, 0.1) is 13.8 Å². The highest BCUT2D eigenvalue weighted by Crippen LogP contribution is 2.29. The predicted molar refractivity (Wildman–Crippen MR) is 112 cm³/mol. The average molecular weight is 436 g/mol. The lowest BCUT2D eigenvalue weighted by atomic mass is 10.1. The number of aryl methyl sites for hydroxylation is 2. The number of nitrogens with one attached hydrogen (secondary N) is 1. The first-order valence-corrected chi connectivity index (χ1v) is 10.4. The molecule has 0 spiro atoms. The van der Waals surface area contributed by atoms with Crippen molar-refractivity contribution in [2.75, 3.05) is 0 Å². The molecule has 1 aromatic carbocycles. The lowest BCUT2D eigenvalue weighted by Crippen LogP contribution is -2.27. The summed E-state index contributed by atoms with van der Waals surface area (Å²) in [5.74, 6) is 1.18. The van der Waals surface area contributed by atoms with Crippen molar-refractivity contribution in [3.63, 3.8) is 0 Å². The van der Waals surface area contributed by atoms with Gasteiger partial charge >= 0.3 is 0 Å². The molecule has 2 aromatic heterocycles. The molecule has 1 amide bonds. The number of pyridine rings is 1. The number of hydrogen-bond acceptors (Lipinski definition) is 5. The molecule has 0 aliphatic heterocycles. The summed E-state index contributed by atoms with van der Waals surface area (Å²) < 4.78 is 5.20. The lowest BCUT2D eigenvalue weighted by molar-refractivity contribution is 0.0936. The molecule has 3 rings (SSSR count). The molecule has 0 saturated heterocycles. The van der Waals surface area contributed by atoms with Crippen LogP contribution in [0.15, 0.2) is 46.1 Å². The SMILES string of the molecule is Cc1noc(C)c1CSc1ncccc1C(=O)NC(C)c1ccc(Cl)cc1Cl. The van der Waals surface area contributed by atoms with Gasteiger partial charge in [0.1, 0.15) is 10.8 Å². The van der Waals surface area contributed by atoms with Gasteiger partial charge in [0.15, 0.2) is 0 Å². The molecule has 28 heavy (non-hydrogen) atoms. The first-order valence-electron chi connectivity index (χ1n) is 8.62. The van der Waals surface area contributed by atoms with Gasteiger partial charge in [0.25, 0.3) is 5.91 Å². The molecular weight excluding hydrogens is 417 g/mol. The third-order valence-corrected chi connectivity index (χ3v) is 5.92. The maximum absolute atomic E-state index is 12.9. The Balaban J connectivity index is 1.75. The van der Waals surface area contributed by atoms with E-state index in [0.29, 0.717) is 26.4 Å². The third-order valence-electron chi connectivity index (χ3n) is 4.33. The van der Waals surface area contributed by atoms with E-state index in [1.54, 1.807) is 30.5 Å². The molecule has 0 saturated carbocycles. The van der Waals surface area contributed by atoms with Gasteiger partial charge in [-0.25, -0.2) is 4.98 Å². The third kappa shape index (κ3) is 4.69. The average Bonchev–Trinajstić information content (AvgIpc) is 2.98. The van der Waals surface area contributed by atoms with Crippen molar-refractivity contribution in [3.05, 3.63) is 74.7 Å². The van der Waals surface area contributed by atoms with Crippen LogP contribution in [0.3, 0.4) is 0 Å². The fourth-order valence-electron chi connectivity index (χ4n) is 2.73. The summed E-state index contributed by atoms with van der Waals surface area (Å²) in [5.41, 5.74) is 3.17.